The molecule has 1 aliphatic rings. The molecule has 0 fully saturated rings. The number of nitrogens with zero attached hydrogens (tertiary/aromatic N) is 2. The van der Waals surface area contributed by atoms with E-state index < -0.39 is 16.0 Å². The number of allylic oxidation sites excluding steroid dienone is 1. The topological polar surface area (TPSA) is 87.5 Å². The van der Waals surface area contributed by atoms with E-state index in [4.69, 9.17) is 0 Å². The fraction of sp³-hybridized carbons (Fsp3) is 0.231. The minimum atomic E-state index is -3.89. The zero-order chi connectivity index (χ0) is 15.6. The minimum absolute atomic E-state index is 0.0649. The highest BCUT2D eigenvalue weighted by molar-refractivity contribution is 8.10. The number of thioether (sulfide) groups is 1. The number of methoxy groups -OCH3 is 1. The summed E-state index contributed by atoms with van der Waals surface area (Å²) in [4.78, 5) is 11.2. The molecule has 0 bridgehead atoms. The Morgan fingerprint density at radius 1 is 1.43 bits per heavy atom. The molecule has 110 valence electrons. The smallest absolute Gasteiger partial charge is 0.315 e. The molecule has 0 unspecified atom stereocenters. The molecular formula is C13H12N2O4S2. The molecule has 8 heteroatoms. The summed E-state index contributed by atoms with van der Waals surface area (Å²) in [6.45, 7) is 0. The maximum atomic E-state index is 12.3. The van der Waals surface area contributed by atoms with Gasteiger partial charge < -0.3 is 4.74 Å². The van der Waals surface area contributed by atoms with Gasteiger partial charge in [0.2, 0.25) is 0 Å². The van der Waals surface area contributed by atoms with Gasteiger partial charge in [0.1, 0.15) is 6.07 Å². The summed E-state index contributed by atoms with van der Waals surface area (Å²) in [5.41, 5.74) is 1.09. The van der Waals surface area contributed by atoms with Crippen molar-refractivity contribution in [1.82, 2.24) is 0 Å². The molecule has 0 aliphatic carbocycles. The van der Waals surface area contributed by atoms with E-state index >= 15 is 0 Å². The van der Waals surface area contributed by atoms with Crippen LogP contribution in [-0.2, 0) is 19.6 Å². The van der Waals surface area contributed by atoms with Crippen molar-refractivity contribution in [3.63, 3.8) is 0 Å². The maximum absolute atomic E-state index is 12.3. The fourth-order valence-corrected chi connectivity index (χ4v) is 4.42. The largest absolute Gasteiger partial charge is 0.468 e. The van der Waals surface area contributed by atoms with Crippen molar-refractivity contribution in [2.45, 2.75) is 0 Å². The second-order valence-corrected chi connectivity index (χ2v) is 7.02. The van der Waals surface area contributed by atoms with Crippen LogP contribution in [0.5, 0.6) is 0 Å². The quantitative estimate of drug-likeness (QED) is 0.784. The zero-order valence-electron chi connectivity index (χ0n) is 11.4. The number of hydrogen-bond acceptors (Lipinski definition) is 6. The lowest BCUT2D eigenvalue weighted by atomic mass is 10.1. The van der Waals surface area contributed by atoms with Crippen molar-refractivity contribution < 1.29 is 17.9 Å². The molecule has 0 amide bonds. The van der Waals surface area contributed by atoms with Crippen LogP contribution in [0, 0.1) is 11.3 Å². The van der Waals surface area contributed by atoms with Crippen LogP contribution < -0.4 is 4.31 Å². The van der Waals surface area contributed by atoms with E-state index in [0.717, 1.165) is 16.1 Å². The summed E-state index contributed by atoms with van der Waals surface area (Å²) in [5.74, 6) is -0.552. The average Bonchev–Trinajstić information content (AvgIpc) is 2.49. The third kappa shape index (κ3) is 2.62. The standard InChI is InChI=1S/C13H12N2O4S2/c1-15-10-6-4-3-5-9(10)13(20-8-12(16)19-2)11(7-14)21(15,17)18/h3-6H,8H2,1-2H3. The number of fused-ring (bicyclic) bond motifs is 1. The highest BCUT2D eigenvalue weighted by Crippen LogP contribution is 2.43. The van der Waals surface area contributed by atoms with Gasteiger partial charge in [-0.2, -0.15) is 5.26 Å². The van der Waals surface area contributed by atoms with Crippen LogP contribution in [0.2, 0.25) is 0 Å². The van der Waals surface area contributed by atoms with E-state index in [9.17, 15) is 18.5 Å². The van der Waals surface area contributed by atoms with Gasteiger partial charge in [0, 0.05) is 17.5 Å². The van der Waals surface area contributed by atoms with Gasteiger partial charge in [0.25, 0.3) is 10.0 Å². The van der Waals surface area contributed by atoms with E-state index in [-0.39, 0.29) is 15.6 Å². The first-order chi connectivity index (χ1) is 9.93. The van der Waals surface area contributed by atoms with Crippen LogP contribution in [-0.4, -0.2) is 34.3 Å². The molecule has 0 saturated carbocycles. The molecule has 1 heterocycles. The maximum Gasteiger partial charge on any atom is 0.315 e. The number of benzene rings is 1. The number of rotatable bonds is 3. The Kier molecular flexibility index (Phi) is 4.25. The summed E-state index contributed by atoms with van der Waals surface area (Å²) in [6, 6.07) is 8.57. The van der Waals surface area contributed by atoms with Gasteiger partial charge >= 0.3 is 5.97 Å². The van der Waals surface area contributed by atoms with Crippen LogP contribution in [0.1, 0.15) is 5.56 Å². The molecule has 0 saturated heterocycles. The van der Waals surface area contributed by atoms with E-state index in [1.54, 1.807) is 30.3 Å². The number of esters is 1. The molecule has 0 atom stereocenters. The number of carbonyl (C=O) groups is 1. The molecule has 1 aliphatic heterocycles. The minimum Gasteiger partial charge on any atom is -0.468 e. The summed E-state index contributed by atoms with van der Waals surface area (Å²) < 4.78 is 30.3. The molecule has 0 radical (unpaired) electrons. The predicted molar refractivity (Wildman–Crippen MR) is 80.8 cm³/mol. The van der Waals surface area contributed by atoms with Gasteiger partial charge in [0.05, 0.1) is 18.6 Å². The summed E-state index contributed by atoms with van der Waals surface area (Å²) in [7, 11) is -1.24. The van der Waals surface area contributed by atoms with Crippen LogP contribution >= 0.6 is 11.8 Å². The highest BCUT2D eigenvalue weighted by atomic mass is 32.2. The zero-order valence-corrected chi connectivity index (χ0v) is 13.0. The molecular weight excluding hydrogens is 312 g/mol. The first kappa shape index (κ1) is 15.4. The van der Waals surface area contributed by atoms with Gasteiger partial charge in [-0.15, -0.1) is 11.8 Å². The Morgan fingerprint density at radius 3 is 2.71 bits per heavy atom. The van der Waals surface area contributed by atoms with Crippen molar-refractivity contribution in [2.24, 2.45) is 0 Å². The second kappa shape index (κ2) is 5.79. The molecule has 0 aromatic heterocycles. The van der Waals surface area contributed by atoms with Crippen molar-refractivity contribution in [3.05, 3.63) is 34.7 Å². The monoisotopic (exact) mass is 324 g/mol. The lowest BCUT2D eigenvalue weighted by molar-refractivity contribution is -0.137. The van der Waals surface area contributed by atoms with Gasteiger partial charge in [-0.05, 0) is 6.07 Å². The lowest BCUT2D eigenvalue weighted by Gasteiger charge is -2.28. The van der Waals surface area contributed by atoms with Crippen molar-refractivity contribution in [2.75, 3.05) is 24.2 Å². The highest BCUT2D eigenvalue weighted by Gasteiger charge is 2.35. The summed E-state index contributed by atoms with van der Waals surface area (Å²) in [5, 5.41) is 9.22. The van der Waals surface area contributed by atoms with Gasteiger partial charge in [-0.25, -0.2) is 8.42 Å². The SMILES string of the molecule is COC(=O)CSC1=C(C#N)S(=O)(=O)N(C)c2ccccc21. The molecule has 21 heavy (non-hydrogen) atoms. The molecule has 6 nitrogen and oxygen atoms in total. The lowest BCUT2D eigenvalue weighted by Crippen LogP contribution is -2.31. The summed E-state index contributed by atoms with van der Waals surface area (Å²) >= 11 is 0.987. The number of carbonyl (C=O) groups excluding carboxylic acids is 1. The van der Waals surface area contributed by atoms with Crippen LogP contribution in [0.3, 0.4) is 0 Å². The first-order valence-corrected chi connectivity index (χ1v) is 8.28. The molecule has 0 spiro atoms. The Balaban J connectivity index is 2.61. The fourth-order valence-electron chi connectivity index (χ4n) is 1.89. The number of hydrogen-bond donors (Lipinski definition) is 0. The third-order valence-electron chi connectivity index (χ3n) is 2.98. The van der Waals surface area contributed by atoms with Crippen molar-refractivity contribution in [1.29, 1.82) is 5.26 Å². The van der Waals surface area contributed by atoms with Crippen LogP contribution in [0.15, 0.2) is 29.2 Å². The first-order valence-electron chi connectivity index (χ1n) is 5.85. The van der Waals surface area contributed by atoms with E-state index in [0.29, 0.717) is 11.3 Å². The Hall–Kier alpha value is -1.98. The van der Waals surface area contributed by atoms with Gasteiger partial charge in [0.15, 0.2) is 4.91 Å². The molecule has 1 aromatic rings. The number of sulfonamides is 1. The Bertz CT molecular complexity index is 763. The van der Waals surface area contributed by atoms with E-state index in [1.165, 1.54) is 14.2 Å². The third-order valence-corrected chi connectivity index (χ3v) is 5.93. The second-order valence-electron chi connectivity index (χ2n) is 4.12. The van der Waals surface area contributed by atoms with Crippen molar-refractivity contribution in [3.8, 4) is 6.07 Å². The number of anilines is 1. The van der Waals surface area contributed by atoms with Crippen LogP contribution in [0.25, 0.3) is 4.91 Å². The van der Waals surface area contributed by atoms with E-state index in [2.05, 4.69) is 4.74 Å². The predicted octanol–water partition coefficient (Wildman–Crippen LogP) is 1.56. The Morgan fingerprint density at radius 2 is 2.10 bits per heavy atom. The van der Waals surface area contributed by atoms with Crippen molar-refractivity contribution >= 4 is 38.3 Å². The molecule has 2 rings (SSSR count). The average molecular weight is 324 g/mol. The normalized spacial score (nSPS) is 16.1. The number of nitriles is 1. The summed E-state index contributed by atoms with van der Waals surface area (Å²) in [6.07, 6.45) is 0. The van der Waals surface area contributed by atoms with Gasteiger partial charge in [-0.1, -0.05) is 18.2 Å². The van der Waals surface area contributed by atoms with Crippen LogP contribution in [0.4, 0.5) is 5.69 Å². The molecule has 0 N–H and O–H groups in total. The Labute approximate surface area is 127 Å². The van der Waals surface area contributed by atoms with E-state index in [1.807, 2.05) is 0 Å². The number of ether oxygens (including phenoxy) is 1. The molecule has 1 aromatic carbocycles. The van der Waals surface area contributed by atoms with Gasteiger partial charge in [-0.3, -0.25) is 9.10 Å². The number of para-hydroxylation sites is 1.